The van der Waals surface area contributed by atoms with Crippen LogP contribution in [-0.2, 0) is 11.3 Å². The average Bonchev–Trinajstić information content (AvgIpc) is 3.15. The van der Waals surface area contributed by atoms with Crippen molar-refractivity contribution < 1.29 is 14.7 Å². The number of carboxylic acids is 1. The third kappa shape index (κ3) is 2.94. The minimum atomic E-state index is -0.847. The summed E-state index contributed by atoms with van der Waals surface area (Å²) in [6.07, 6.45) is 0.816. The number of piperidine rings is 1. The highest BCUT2D eigenvalue weighted by atomic mass is 16.4. The molecule has 0 aliphatic carbocycles. The second-order valence-electron chi connectivity index (χ2n) is 7.80. The minimum absolute atomic E-state index is 0.0210. The Morgan fingerprint density at radius 1 is 1.40 bits per heavy atom. The normalized spacial score (nSPS) is 26.9. The first-order chi connectivity index (χ1) is 11.8. The van der Waals surface area contributed by atoms with Crippen LogP contribution in [0.5, 0.6) is 0 Å². The van der Waals surface area contributed by atoms with Gasteiger partial charge < -0.3 is 14.9 Å². The average molecular weight is 348 g/mol. The van der Waals surface area contributed by atoms with Crippen molar-refractivity contribution in [3.8, 4) is 0 Å². The molecule has 0 saturated carbocycles. The van der Waals surface area contributed by atoms with Crippen LogP contribution in [0.15, 0.2) is 6.07 Å². The van der Waals surface area contributed by atoms with Crippen LogP contribution in [0, 0.1) is 11.3 Å². The molecule has 1 amide bonds. The van der Waals surface area contributed by atoms with Crippen molar-refractivity contribution in [2.24, 2.45) is 11.3 Å². The maximum absolute atomic E-state index is 13.1. The van der Waals surface area contributed by atoms with E-state index in [9.17, 15) is 14.7 Å². The van der Waals surface area contributed by atoms with E-state index >= 15 is 0 Å². The highest BCUT2D eigenvalue weighted by molar-refractivity contribution is 5.94. The molecule has 25 heavy (non-hydrogen) atoms. The Bertz CT molecular complexity index is 684. The summed E-state index contributed by atoms with van der Waals surface area (Å²) >= 11 is 0. The summed E-state index contributed by atoms with van der Waals surface area (Å²) in [5.74, 6) is -0.614. The van der Waals surface area contributed by atoms with Crippen molar-refractivity contribution in [3.05, 3.63) is 17.5 Å². The summed E-state index contributed by atoms with van der Waals surface area (Å²) in [4.78, 5) is 28.9. The Morgan fingerprint density at radius 2 is 2.12 bits per heavy atom. The summed E-state index contributed by atoms with van der Waals surface area (Å²) in [6, 6.07) is 1.86. The number of aromatic nitrogens is 2. The van der Waals surface area contributed by atoms with Crippen LogP contribution >= 0.6 is 0 Å². The molecule has 1 aromatic rings. The second-order valence-corrected chi connectivity index (χ2v) is 7.80. The molecule has 1 N–H and O–H groups in total. The number of aryl methyl sites for hydroxylation is 1. The monoisotopic (exact) mass is 348 g/mol. The SMILES string of the molecule is CCn1nc(C(C)C)cc1C(=O)N1CC2CCN(C)C[C@]2(C(=O)O)C1. The van der Waals surface area contributed by atoms with Crippen LogP contribution in [0.1, 0.15) is 49.3 Å². The number of amides is 1. The van der Waals surface area contributed by atoms with Gasteiger partial charge in [-0.2, -0.15) is 5.10 Å². The van der Waals surface area contributed by atoms with E-state index in [1.54, 1.807) is 9.58 Å². The number of carboxylic acid groups (broad SMARTS) is 1. The molecule has 3 rings (SSSR count). The van der Waals surface area contributed by atoms with Crippen LogP contribution in [-0.4, -0.2) is 69.8 Å². The smallest absolute Gasteiger partial charge is 0.313 e. The summed E-state index contributed by atoms with van der Waals surface area (Å²) in [5, 5.41) is 14.4. The molecule has 0 spiro atoms. The molecular formula is C18H28N4O3. The van der Waals surface area contributed by atoms with Gasteiger partial charge in [-0.15, -0.1) is 0 Å². The molecule has 0 bridgehead atoms. The van der Waals surface area contributed by atoms with Crippen LogP contribution in [0.4, 0.5) is 0 Å². The minimum Gasteiger partial charge on any atom is -0.481 e. The molecule has 2 aliphatic rings. The number of aliphatic carboxylic acids is 1. The number of likely N-dealkylation sites (tertiary alicyclic amines) is 2. The molecule has 0 radical (unpaired) electrons. The molecule has 7 heteroatoms. The number of fused-ring (bicyclic) bond motifs is 1. The standard InChI is InChI=1S/C18H28N4O3/c1-5-22-15(8-14(19-22)12(2)3)16(23)21-9-13-6-7-20(4)10-18(13,11-21)17(24)25/h8,12-13H,5-7,9-11H2,1-4H3,(H,24,25)/t13?,18-/m0/s1. The molecule has 3 heterocycles. The molecule has 1 unspecified atom stereocenters. The zero-order valence-electron chi connectivity index (χ0n) is 15.5. The summed E-state index contributed by atoms with van der Waals surface area (Å²) in [5.41, 5.74) is 0.619. The quantitative estimate of drug-likeness (QED) is 0.892. The third-order valence-corrected chi connectivity index (χ3v) is 5.73. The Morgan fingerprint density at radius 3 is 2.72 bits per heavy atom. The van der Waals surface area contributed by atoms with Gasteiger partial charge in [0, 0.05) is 26.2 Å². The highest BCUT2D eigenvalue weighted by Gasteiger charge is 2.55. The van der Waals surface area contributed by atoms with Crippen LogP contribution in [0.3, 0.4) is 0 Å². The molecule has 2 atom stereocenters. The fraction of sp³-hybridized carbons (Fsp3) is 0.722. The van der Waals surface area contributed by atoms with Gasteiger partial charge in [0.15, 0.2) is 0 Å². The Balaban J connectivity index is 1.88. The van der Waals surface area contributed by atoms with Crippen LogP contribution < -0.4 is 0 Å². The van der Waals surface area contributed by atoms with Gasteiger partial charge in [-0.1, -0.05) is 13.8 Å². The Hall–Kier alpha value is -1.89. The van der Waals surface area contributed by atoms with Crippen molar-refractivity contribution >= 4 is 11.9 Å². The second kappa shape index (κ2) is 6.44. The topological polar surface area (TPSA) is 78.7 Å². The molecule has 2 aliphatic heterocycles. The van der Waals surface area contributed by atoms with Gasteiger partial charge in [0.1, 0.15) is 11.1 Å². The van der Waals surface area contributed by atoms with E-state index in [1.165, 1.54) is 0 Å². The fourth-order valence-corrected chi connectivity index (χ4v) is 4.22. The molecule has 1 aromatic heterocycles. The number of hydrogen-bond donors (Lipinski definition) is 1. The van der Waals surface area contributed by atoms with E-state index in [-0.39, 0.29) is 24.3 Å². The molecule has 7 nitrogen and oxygen atoms in total. The summed E-state index contributed by atoms with van der Waals surface area (Å²) < 4.78 is 1.74. The van der Waals surface area contributed by atoms with E-state index < -0.39 is 11.4 Å². The van der Waals surface area contributed by atoms with Gasteiger partial charge in [0.2, 0.25) is 0 Å². The predicted molar refractivity (Wildman–Crippen MR) is 93.6 cm³/mol. The summed E-state index contributed by atoms with van der Waals surface area (Å²) in [7, 11) is 1.95. The lowest BCUT2D eigenvalue weighted by Crippen LogP contribution is -2.52. The third-order valence-electron chi connectivity index (χ3n) is 5.73. The van der Waals surface area contributed by atoms with E-state index in [2.05, 4.69) is 23.8 Å². The van der Waals surface area contributed by atoms with Crippen molar-refractivity contribution in [2.75, 3.05) is 33.2 Å². The van der Waals surface area contributed by atoms with Gasteiger partial charge in [0.25, 0.3) is 5.91 Å². The molecule has 138 valence electrons. The van der Waals surface area contributed by atoms with Crippen LogP contribution in [0.2, 0.25) is 0 Å². The van der Waals surface area contributed by atoms with E-state index in [1.807, 2.05) is 20.0 Å². The zero-order valence-corrected chi connectivity index (χ0v) is 15.5. The number of rotatable bonds is 4. The van der Waals surface area contributed by atoms with Gasteiger partial charge in [-0.25, -0.2) is 0 Å². The van der Waals surface area contributed by atoms with E-state index in [4.69, 9.17) is 0 Å². The largest absolute Gasteiger partial charge is 0.481 e. The molecule has 2 fully saturated rings. The number of nitrogens with zero attached hydrogens (tertiary/aromatic N) is 4. The first-order valence-electron chi connectivity index (χ1n) is 9.07. The van der Waals surface area contributed by atoms with Crippen molar-refractivity contribution in [1.29, 1.82) is 0 Å². The number of hydrogen-bond acceptors (Lipinski definition) is 4. The van der Waals surface area contributed by atoms with Crippen molar-refractivity contribution in [1.82, 2.24) is 19.6 Å². The lowest BCUT2D eigenvalue weighted by molar-refractivity contribution is -0.153. The Kier molecular flexibility index (Phi) is 4.62. The lowest BCUT2D eigenvalue weighted by atomic mass is 9.73. The van der Waals surface area contributed by atoms with E-state index in [0.29, 0.717) is 25.3 Å². The molecule has 2 saturated heterocycles. The predicted octanol–water partition coefficient (Wildman–Crippen LogP) is 1.50. The Labute approximate surface area is 148 Å². The molecule has 0 aromatic carbocycles. The first kappa shape index (κ1) is 17.9. The van der Waals surface area contributed by atoms with Crippen molar-refractivity contribution in [3.63, 3.8) is 0 Å². The van der Waals surface area contributed by atoms with Gasteiger partial charge in [-0.05, 0) is 44.8 Å². The molecular weight excluding hydrogens is 320 g/mol. The first-order valence-corrected chi connectivity index (χ1v) is 9.07. The van der Waals surface area contributed by atoms with Crippen LogP contribution in [0.25, 0.3) is 0 Å². The lowest BCUT2D eigenvalue weighted by Gasteiger charge is -2.39. The van der Waals surface area contributed by atoms with Gasteiger partial charge in [-0.3, -0.25) is 14.3 Å². The van der Waals surface area contributed by atoms with Gasteiger partial charge >= 0.3 is 5.97 Å². The fourth-order valence-electron chi connectivity index (χ4n) is 4.22. The van der Waals surface area contributed by atoms with Gasteiger partial charge in [0.05, 0.1) is 5.69 Å². The van der Waals surface area contributed by atoms with Crippen molar-refractivity contribution in [2.45, 2.75) is 39.7 Å². The maximum atomic E-state index is 13.1. The summed E-state index contributed by atoms with van der Waals surface area (Å²) in [6.45, 7) is 8.87. The number of carbonyl (C=O) groups is 2. The highest BCUT2D eigenvalue weighted by Crippen LogP contribution is 2.42. The van der Waals surface area contributed by atoms with E-state index in [0.717, 1.165) is 18.7 Å². The number of carbonyl (C=O) groups excluding carboxylic acids is 1. The maximum Gasteiger partial charge on any atom is 0.313 e. The zero-order chi connectivity index (χ0) is 18.4.